The molecule has 152 valence electrons. The number of nitrogens with zero attached hydrogens (tertiary/aromatic N) is 2. The van der Waals surface area contributed by atoms with Crippen LogP contribution in [-0.2, 0) is 13.2 Å². The summed E-state index contributed by atoms with van der Waals surface area (Å²) in [6, 6.07) is 8.47. The smallest absolute Gasteiger partial charge is 0.191 e. The standard InChI is InChI=1S/C22H38N4O/c1-4-23-22(24-15-19-11-7-8-12-20(19)17-27)25-16-21(18(2)3)26-13-9-5-6-10-14-26/h7-8,11-12,18,21,27H,4-6,9-10,13-17H2,1-3H3,(H2,23,24,25). The van der Waals surface area contributed by atoms with Crippen molar-refractivity contribution < 1.29 is 5.11 Å². The third kappa shape index (κ3) is 7.15. The summed E-state index contributed by atoms with van der Waals surface area (Å²) in [5.74, 6) is 1.46. The van der Waals surface area contributed by atoms with Gasteiger partial charge in [0.2, 0.25) is 0 Å². The van der Waals surface area contributed by atoms with Crippen molar-refractivity contribution in [2.45, 2.75) is 65.6 Å². The van der Waals surface area contributed by atoms with Gasteiger partial charge in [0.1, 0.15) is 0 Å². The molecule has 0 spiro atoms. The van der Waals surface area contributed by atoms with Gasteiger partial charge in [-0.05, 0) is 49.9 Å². The second kappa shape index (κ2) is 12.0. The minimum atomic E-state index is 0.0556. The molecule has 1 saturated heterocycles. The van der Waals surface area contributed by atoms with Crippen molar-refractivity contribution >= 4 is 5.96 Å². The fourth-order valence-electron chi connectivity index (χ4n) is 3.79. The summed E-state index contributed by atoms with van der Waals surface area (Å²) in [6.45, 7) is 11.5. The molecule has 1 aromatic carbocycles. The highest BCUT2D eigenvalue weighted by Crippen LogP contribution is 2.17. The van der Waals surface area contributed by atoms with E-state index >= 15 is 0 Å². The summed E-state index contributed by atoms with van der Waals surface area (Å²) < 4.78 is 0. The Labute approximate surface area is 165 Å². The van der Waals surface area contributed by atoms with E-state index in [1.165, 1.54) is 38.8 Å². The van der Waals surface area contributed by atoms with Gasteiger partial charge in [0.25, 0.3) is 0 Å². The fourth-order valence-corrected chi connectivity index (χ4v) is 3.79. The minimum absolute atomic E-state index is 0.0556. The zero-order valence-electron chi connectivity index (χ0n) is 17.4. The number of aliphatic hydroxyl groups is 1. The fraction of sp³-hybridized carbons (Fsp3) is 0.682. The number of nitrogens with one attached hydrogen (secondary N) is 2. The van der Waals surface area contributed by atoms with E-state index in [1.54, 1.807) is 0 Å². The van der Waals surface area contributed by atoms with E-state index in [0.29, 0.717) is 18.5 Å². The summed E-state index contributed by atoms with van der Waals surface area (Å²) in [5, 5.41) is 16.4. The molecular weight excluding hydrogens is 336 g/mol. The molecule has 5 heteroatoms. The molecule has 2 rings (SSSR count). The molecule has 27 heavy (non-hydrogen) atoms. The number of hydrogen-bond donors (Lipinski definition) is 3. The van der Waals surface area contributed by atoms with E-state index in [9.17, 15) is 5.11 Å². The summed E-state index contributed by atoms with van der Waals surface area (Å²) in [7, 11) is 0. The quantitative estimate of drug-likeness (QED) is 0.483. The highest BCUT2D eigenvalue weighted by molar-refractivity contribution is 5.79. The molecule has 5 nitrogen and oxygen atoms in total. The van der Waals surface area contributed by atoms with E-state index in [1.807, 2.05) is 24.3 Å². The van der Waals surface area contributed by atoms with Crippen molar-refractivity contribution in [2.24, 2.45) is 10.9 Å². The zero-order valence-corrected chi connectivity index (χ0v) is 17.4. The van der Waals surface area contributed by atoms with Crippen LogP contribution in [0.3, 0.4) is 0 Å². The molecule has 1 aromatic rings. The molecule has 0 saturated carbocycles. The van der Waals surface area contributed by atoms with Crippen LogP contribution < -0.4 is 10.6 Å². The van der Waals surface area contributed by atoms with Crippen molar-refractivity contribution in [3.63, 3.8) is 0 Å². The maximum absolute atomic E-state index is 9.51. The number of aliphatic hydroxyl groups excluding tert-OH is 1. The normalized spacial score (nSPS) is 17.6. The van der Waals surface area contributed by atoms with Gasteiger partial charge in [-0.2, -0.15) is 0 Å². The Morgan fingerprint density at radius 3 is 2.33 bits per heavy atom. The van der Waals surface area contributed by atoms with E-state index in [0.717, 1.165) is 30.2 Å². The number of hydrogen-bond acceptors (Lipinski definition) is 3. The summed E-state index contributed by atoms with van der Waals surface area (Å²) in [6.07, 6.45) is 5.36. The average molecular weight is 375 g/mol. The van der Waals surface area contributed by atoms with Gasteiger partial charge in [-0.25, -0.2) is 4.99 Å². The Kier molecular flexibility index (Phi) is 9.64. The van der Waals surface area contributed by atoms with E-state index in [-0.39, 0.29) is 6.61 Å². The lowest BCUT2D eigenvalue weighted by Gasteiger charge is -2.34. The van der Waals surface area contributed by atoms with Crippen molar-refractivity contribution in [2.75, 3.05) is 26.2 Å². The molecule has 1 aliphatic heterocycles. The lowest BCUT2D eigenvalue weighted by Crippen LogP contribution is -2.49. The Hall–Kier alpha value is -1.59. The van der Waals surface area contributed by atoms with Gasteiger partial charge in [0.05, 0.1) is 13.2 Å². The Bertz CT molecular complexity index is 565. The van der Waals surface area contributed by atoms with Crippen LogP contribution in [-0.4, -0.2) is 48.2 Å². The molecule has 1 heterocycles. The number of aliphatic imine (C=N–C) groups is 1. The second-order valence-corrected chi connectivity index (χ2v) is 7.76. The molecule has 0 aliphatic carbocycles. The molecular formula is C22H38N4O. The lowest BCUT2D eigenvalue weighted by molar-refractivity contribution is 0.161. The molecule has 0 amide bonds. The molecule has 1 fully saturated rings. The third-order valence-corrected chi connectivity index (χ3v) is 5.40. The second-order valence-electron chi connectivity index (χ2n) is 7.76. The monoisotopic (exact) mass is 374 g/mol. The van der Waals surface area contributed by atoms with Crippen molar-refractivity contribution in [1.82, 2.24) is 15.5 Å². The first-order chi connectivity index (χ1) is 13.2. The van der Waals surface area contributed by atoms with Gasteiger partial charge < -0.3 is 15.7 Å². The van der Waals surface area contributed by atoms with Crippen LogP contribution in [0.1, 0.15) is 57.6 Å². The lowest BCUT2D eigenvalue weighted by atomic mass is 10.0. The topological polar surface area (TPSA) is 59.9 Å². The Morgan fingerprint density at radius 1 is 1.07 bits per heavy atom. The van der Waals surface area contributed by atoms with Crippen LogP contribution in [0.15, 0.2) is 29.3 Å². The first-order valence-corrected chi connectivity index (χ1v) is 10.6. The zero-order chi connectivity index (χ0) is 19.5. The van der Waals surface area contributed by atoms with E-state index in [2.05, 4.69) is 36.3 Å². The van der Waals surface area contributed by atoms with Crippen molar-refractivity contribution in [3.8, 4) is 0 Å². The molecule has 0 bridgehead atoms. The van der Waals surface area contributed by atoms with Gasteiger partial charge >= 0.3 is 0 Å². The molecule has 3 N–H and O–H groups in total. The SMILES string of the molecule is CCNC(=NCc1ccccc1CO)NCC(C(C)C)N1CCCCCC1. The van der Waals surface area contributed by atoms with Crippen molar-refractivity contribution in [1.29, 1.82) is 0 Å². The maximum atomic E-state index is 9.51. The van der Waals surface area contributed by atoms with Crippen LogP contribution in [0.5, 0.6) is 0 Å². The molecule has 1 aliphatic rings. The van der Waals surface area contributed by atoms with Gasteiger partial charge in [0.15, 0.2) is 5.96 Å². The molecule has 0 radical (unpaired) electrons. The summed E-state index contributed by atoms with van der Waals surface area (Å²) in [4.78, 5) is 7.41. The first-order valence-electron chi connectivity index (χ1n) is 10.6. The predicted molar refractivity (Wildman–Crippen MR) is 114 cm³/mol. The largest absolute Gasteiger partial charge is 0.392 e. The molecule has 1 atom stereocenters. The van der Waals surface area contributed by atoms with Gasteiger partial charge in [-0.3, -0.25) is 4.90 Å². The number of guanidine groups is 1. The van der Waals surface area contributed by atoms with Crippen LogP contribution in [0.2, 0.25) is 0 Å². The Morgan fingerprint density at radius 2 is 1.74 bits per heavy atom. The van der Waals surface area contributed by atoms with Gasteiger partial charge in [-0.1, -0.05) is 51.0 Å². The highest BCUT2D eigenvalue weighted by atomic mass is 16.3. The first kappa shape index (κ1) is 21.7. The van der Waals surface area contributed by atoms with Gasteiger partial charge in [-0.15, -0.1) is 0 Å². The van der Waals surface area contributed by atoms with E-state index < -0.39 is 0 Å². The van der Waals surface area contributed by atoms with Crippen LogP contribution in [0, 0.1) is 5.92 Å². The minimum Gasteiger partial charge on any atom is -0.392 e. The molecule has 0 aromatic heterocycles. The van der Waals surface area contributed by atoms with Crippen molar-refractivity contribution in [3.05, 3.63) is 35.4 Å². The van der Waals surface area contributed by atoms with E-state index in [4.69, 9.17) is 4.99 Å². The summed E-state index contributed by atoms with van der Waals surface area (Å²) >= 11 is 0. The number of benzene rings is 1. The predicted octanol–water partition coefficient (Wildman–Crippen LogP) is 3.13. The Balaban J connectivity index is 2.00. The van der Waals surface area contributed by atoms with Gasteiger partial charge in [0, 0.05) is 19.1 Å². The summed E-state index contributed by atoms with van der Waals surface area (Å²) in [5.41, 5.74) is 2.02. The van der Waals surface area contributed by atoms with Crippen LogP contribution in [0.25, 0.3) is 0 Å². The molecule has 1 unspecified atom stereocenters. The number of rotatable bonds is 8. The maximum Gasteiger partial charge on any atom is 0.191 e. The average Bonchev–Trinajstić information content (AvgIpc) is 2.95. The third-order valence-electron chi connectivity index (χ3n) is 5.40. The highest BCUT2D eigenvalue weighted by Gasteiger charge is 2.22. The van der Waals surface area contributed by atoms with Crippen LogP contribution in [0.4, 0.5) is 0 Å². The van der Waals surface area contributed by atoms with Crippen LogP contribution >= 0.6 is 0 Å². The number of likely N-dealkylation sites (tertiary alicyclic amines) is 1.